The molecule has 0 saturated carbocycles. The number of anilines is 1. The number of ether oxygens (including phenoxy) is 1. The lowest BCUT2D eigenvalue weighted by molar-refractivity contribution is 0.0948. The molecule has 0 spiro atoms. The first kappa shape index (κ1) is 37.8. The number of amides is 1. The number of aromatic nitrogens is 2. The van der Waals surface area contributed by atoms with Crippen LogP contribution in [0.2, 0.25) is 0 Å². The zero-order valence-electron chi connectivity index (χ0n) is 25.3. The zero-order valence-corrected chi connectivity index (χ0v) is 27.7. The summed E-state index contributed by atoms with van der Waals surface area (Å²) in [6, 6.07) is 21.3. The van der Waals surface area contributed by atoms with Crippen LogP contribution in [-0.2, 0) is 15.6 Å². The maximum Gasteiger partial charge on any atom is 0.267 e. The second-order valence-electron chi connectivity index (χ2n) is 10.3. The number of nitrogens with two attached hydrogens (primary N) is 1. The van der Waals surface area contributed by atoms with Gasteiger partial charge in [-0.15, -0.1) is 0 Å². The van der Waals surface area contributed by atoms with Crippen molar-refractivity contribution < 1.29 is 28.9 Å². The van der Waals surface area contributed by atoms with Crippen LogP contribution in [-0.4, -0.2) is 89.7 Å². The zero-order chi connectivity index (χ0) is 30.7. The lowest BCUT2D eigenvalue weighted by Crippen LogP contribution is -2.45. The Kier molecular flexibility index (Phi) is 15.6. The minimum absolute atomic E-state index is 0. The molecule has 2 aromatic heterocycles. The van der Waals surface area contributed by atoms with Crippen LogP contribution in [0.4, 0.5) is 5.69 Å². The number of sulfone groups is 1. The topological polar surface area (TPSA) is 196 Å². The number of carbonyl (C=O) groups excluding carboxylic acids is 1. The highest BCUT2D eigenvalue weighted by Crippen LogP contribution is 2.28. The van der Waals surface area contributed by atoms with Crippen LogP contribution >= 0.6 is 24.0 Å². The number of aromatic amines is 2. The maximum atomic E-state index is 13.0. The van der Waals surface area contributed by atoms with Gasteiger partial charge in [-0.25, -0.2) is 8.42 Å². The first-order valence-corrected chi connectivity index (χ1v) is 17.6. The van der Waals surface area contributed by atoms with Crippen LogP contribution in [0.5, 0.6) is 5.75 Å². The fraction of sp³-hybridized carbons (Fsp3) is 0.355. The predicted molar refractivity (Wildman–Crippen MR) is 186 cm³/mol. The third-order valence-corrected chi connectivity index (χ3v) is 10.00. The van der Waals surface area contributed by atoms with E-state index in [2.05, 4.69) is 32.3 Å². The third kappa shape index (κ3) is 12.1. The molecule has 1 aliphatic rings. The van der Waals surface area contributed by atoms with Gasteiger partial charge in [0, 0.05) is 54.8 Å². The van der Waals surface area contributed by atoms with E-state index in [1.54, 1.807) is 23.9 Å². The first-order valence-electron chi connectivity index (χ1n) is 14.3. The summed E-state index contributed by atoms with van der Waals surface area (Å²) in [6.45, 7) is 4.89. The Balaban J connectivity index is 0.000000693. The molecule has 45 heavy (non-hydrogen) atoms. The highest BCUT2D eigenvalue weighted by atomic mass is 32.2. The van der Waals surface area contributed by atoms with E-state index in [9.17, 15) is 13.2 Å². The second-order valence-corrected chi connectivity index (χ2v) is 14.3. The molecule has 0 radical (unpaired) electrons. The highest BCUT2D eigenvalue weighted by molar-refractivity contribution is 7.99. The van der Waals surface area contributed by atoms with E-state index in [1.807, 2.05) is 55.6 Å². The van der Waals surface area contributed by atoms with Crippen LogP contribution in [0.1, 0.15) is 29.4 Å². The number of H-pyrrole nitrogens is 2. The van der Waals surface area contributed by atoms with Gasteiger partial charge in [-0.05, 0) is 36.2 Å². The minimum atomic E-state index is -2.93. The molecule has 1 unspecified atom stereocenters. The molecule has 2 aromatic carbocycles. The molecule has 4 aromatic rings. The fourth-order valence-electron chi connectivity index (χ4n) is 4.53. The third-order valence-electron chi connectivity index (χ3n) is 6.85. The van der Waals surface area contributed by atoms with Gasteiger partial charge in [-0.3, -0.25) is 4.79 Å². The average Bonchev–Trinajstić information content (AvgIpc) is 3.45. The number of benzene rings is 2. The number of nitrogens with one attached hydrogen (secondary N) is 3. The molecule has 1 amide bonds. The Morgan fingerprint density at radius 1 is 1.09 bits per heavy atom. The van der Waals surface area contributed by atoms with Crippen molar-refractivity contribution in [3.63, 3.8) is 0 Å². The summed E-state index contributed by atoms with van der Waals surface area (Å²) in [5, 5.41) is 4.00. The average molecular weight is 678 g/mol. The van der Waals surface area contributed by atoms with Crippen molar-refractivity contribution >= 4 is 56.3 Å². The summed E-state index contributed by atoms with van der Waals surface area (Å²) in [5.74, 6) is 1.69. The molecule has 3 heterocycles. The molecule has 11 nitrogen and oxygen atoms in total. The van der Waals surface area contributed by atoms with Gasteiger partial charge < -0.3 is 41.6 Å². The first-order chi connectivity index (χ1) is 20.7. The lowest BCUT2D eigenvalue weighted by Gasteiger charge is -2.30. The fourth-order valence-corrected chi connectivity index (χ4v) is 7.09. The number of carbonyl (C=O) groups is 1. The Bertz CT molecular complexity index is 1610. The molecular formula is C31H43N5O6S3. The number of rotatable bonds is 11. The standard InChI is InChI=1S/C26H34N4O4S2.C5H5NS.2H2O/c1-2-10-34-21-13-20-14-24(29-25(20)23(27)15-21)26(31)28-16-22(35-18-19-6-4-3-5-7-19)17-30-8-11-36(32,33)12-9-30;7-5-3-1-2-4-6-5;;/h3-7,13-15,22,29H,2,8-12,16-18,27H2,1H3,(H,28,31);1-4H,(H,6,7);2*1H2. The summed E-state index contributed by atoms with van der Waals surface area (Å²) in [6.07, 6.45) is 2.71. The minimum Gasteiger partial charge on any atom is -0.494 e. The number of nitrogen functional groups attached to an aromatic ring is 1. The SMILES string of the molecule is CCCOc1cc(N)c2[nH]c(C(=O)NCC(CN3CCS(=O)(=O)CC3)SCc3ccccc3)cc2c1.O.O.S=c1cccc[nH]1. The Morgan fingerprint density at radius 3 is 2.42 bits per heavy atom. The lowest BCUT2D eigenvalue weighted by atomic mass is 10.2. The number of hydrogen-bond acceptors (Lipinski definition) is 8. The van der Waals surface area contributed by atoms with E-state index >= 15 is 0 Å². The van der Waals surface area contributed by atoms with Gasteiger partial charge in [0.05, 0.1) is 29.3 Å². The van der Waals surface area contributed by atoms with Crippen LogP contribution in [0, 0.1) is 4.64 Å². The van der Waals surface area contributed by atoms with E-state index in [-0.39, 0.29) is 33.6 Å². The number of hydrogen-bond donors (Lipinski definition) is 4. The van der Waals surface area contributed by atoms with Crippen molar-refractivity contribution in [1.29, 1.82) is 0 Å². The van der Waals surface area contributed by atoms with Crippen LogP contribution in [0.3, 0.4) is 0 Å². The van der Waals surface area contributed by atoms with Gasteiger partial charge in [-0.2, -0.15) is 11.8 Å². The smallest absolute Gasteiger partial charge is 0.267 e. The molecule has 246 valence electrons. The molecule has 14 heteroatoms. The summed E-state index contributed by atoms with van der Waals surface area (Å²) in [7, 11) is -2.93. The van der Waals surface area contributed by atoms with Crippen molar-refractivity contribution in [2.24, 2.45) is 0 Å². The van der Waals surface area contributed by atoms with E-state index in [0.717, 1.165) is 22.2 Å². The predicted octanol–water partition coefficient (Wildman–Crippen LogP) is 3.40. The van der Waals surface area contributed by atoms with Crippen molar-refractivity contribution in [3.8, 4) is 5.75 Å². The maximum absolute atomic E-state index is 13.0. The Hall–Kier alpha value is -3.40. The molecular weight excluding hydrogens is 635 g/mol. The van der Waals surface area contributed by atoms with E-state index < -0.39 is 9.84 Å². The van der Waals surface area contributed by atoms with Gasteiger partial charge in [0.25, 0.3) is 5.91 Å². The normalized spacial score (nSPS) is 14.6. The van der Waals surface area contributed by atoms with E-state index in [1.165, 1.54) is 5.56 Å². The number of thioether (sulfide) groups is 1. The van der Waals surface area contributed by atoms with Gasteiger partial charge in [0.1, 0.15) is 16.1 Å². The Labute approximate surface area is 273 Å². The molecule has 1 atom stereocenters. The summed E-state index contributed by atoms with van der Waals surface area (Å²) in [5.41, 5.74) is 9.10. The molecule has 0 bridgehead atoms. The van der Waals surface area contributed by atoms with Gasteiger partial charge in [-0.1, -0.05) is 55.5 Å². The Morgan fingerprint density at radius 2 is 1.80 bits per heavy atom. The summed E-state index contributed by atoms with van der Waals surface area (Å²) in [4.78, 5) is 21.2. The quantitative estimate of drug-likeness (QED) is 0.137. The molecule has 9 N–H and O–H groups in total. The molecule has 5 rings (SSSR count). The second kappa shape index (κ2) is 18.5. The van der Waals surface area contributed by atoms with Crippen molar-refractivity contribution in [3.05, 3.63) is 88.8 Å². The highest BCUT2D eigenvalue weighted by Gasteiger charge is 2.24. The number of fused-ring (bicyclic) bond motifs is 1. The summed E-state index contributed by atoms with van der Waals surface area (Å²) < 4.78 is 30.1. The molecule has 0 aliphatic carbocycles. The van der Waals surface area contributed by atoms with Crippen LogP contribution < -0.4 is 15.8 Å². The van der Waals surface area contributed by atoms with E-state index in [4.69, 9.17) is 22.7 Å². The van der Waals surface area contributed by atoms with Crippen molar-refractivity contribution in [2.45, 2.75) is 24.3 Å². The van der Waals surface area contributed by atoms with Crippen LogP contribution in [0.15, 0.2) is 72.9 Å². The number of pyridine rings is 1. The van der Waals surface area contributed by atoms with Gasteiger partial charge >= 0.3 is 0 Å². The van der Waals surface area contributed by atoms with E-state index in [0.29, 0.717) is 55.4 Å². The van der Waals surface area contributed by atoms with Gasteiger partial charge in [0.2, 0.25) is 0 Å². The number of nitrogens with zero attached hydrogens (tertiary/aromatic N) is 1. The molecule has 1 saturated heterocycles. The monoisotopic (exact) mass is 677 g/mol. The van der Waals surface area contributed by atoms with Crippen molar-refractivity contribution in [1.82, 2.24) is 20.2 Å². The molecule has 1 aliphatic heterocycles. The summed E-state index contributed by atoms with van der Waals surface area (Å²) >= 11 is 6.53. The molecule has 1 fully saturated rings. The van der Waals surface area contributed by atoms with Crippen LogP contribution in [0.25, 0.3) is 10.9 Å². The van der Waals surface area contributed by atoms with Gasteiger partial charge in [0.15, 0.2) is 9.84 Å². The largest absolute Gasteiger partial charge is 0.494 e. The van der Waals surface area contributed by atoms with Crippen molar-refractivity contribution in [2.75, 3.05) is 50.0 Å².